The molecule has 156 valence electrons. The van der Waals surface area contributed by atoms with Crippen molar-refractivity contribution in [3.05, 3.63) is 52.0 Å². The van der Waals surface area contributed by atoms with Gasteiger partial charge in [-0.25, -0.2) is 0 Å². The summed E-state index contributed by atoms with van der Waals surface area (Å²) in [7, 11) is 1.55. The van der Waals surface area contributed by atoms with Crippen molar-refractivity contribution in [1.29, 1.82) is 0 Å². The molecule has 7 nitrogen and oxygen atoms in total. The van der Waals surface area contributed by atoms with E-state index < -0.39 is 0 Å². The molecule has 10 heteroatoms. The highest BCUT2D eigenvalue weighted by Crippen LogP contribution is 2.37. The number of hydrogen-bond acceptors (Lipinski definition) is 7. The number of nitrogens with zero attached hydrogens (tertiary/aromatic N) is 3. The Balaban J connectivity index is 1.61. The van der Waals surface area contributed by atoms with Gasteiger partial charge in [0.2, 0.25) is 0 Å². The molecule has 1 saturated heterocycles. The van der Waals surface area contributed by atoms with Crippen LogP contribution in [0.4, 0.5) is 23.0 Å². The highest BCUT2D eigenvalue weighted by atomic mass is 35.5. The number of likely N-dealkylation sites (tertiary alicyclic amines) is 1. The van der Waals surface area contributed by atoms with Gasteiger partial charge >= 0.3 is 0 Å². The third kappa shape index (κ3) is 4.16. The first-order valence-electron chi connectivity index (χ1n) is 9.35. The summed E-state index contributed by atoms with van der Waals surface area (Å²) < 4.78 is 14.2. The lowest BCUT2D eigenvalue weighted by Crippen LogP contribution is -2.28. The minimum Gasteiger partial charge on any atom is -0.494 e. The number of carbonyl (C=O) groups is 1. The zero-order chi connectivity index (χ0) is 21.1. The molecule has 2 aromatic carbocycles. The Morgan fingerprint density at radius 1 is 1.03 bits per heavy atom. The largest absolute Gasteiger partial charge is 0.494 e. The number of halogens is 2. The number of carbonyl (C=O) groups excluding carboxylic acids is 1. The highest BCUT2D eigenvalue weighted by Gasteiger charge is 2.24. The summed E-state index contributed by atoms with van der Waals surface area (Å²) >= 11 is 13.4. The van der Waals surface area contributed by atoms with Gasteiger partial charge in [-0.15, -0.1) is 0 Å². The van der Waals surface area contributed by atoms with E-state index in [9.17, 15) is 4.79 Å². The monoisotopic (exact) mass is 463 g/mol. The van der Waals surface area contributed by atoms with Crippen molar-refractivity contribution in [2.45, 2.75) is 12.8 Å². The van der Waals surface area contributed by atoms with Crippen molar-refractivity contribution in [1.82, 2.24) is 13.6 Å². The zero-order valence-corrected chi connectivity index (χ0v) is 18.4. The van der Waals surface area contributed by atoms with E-state index >= 15 is 0 Å². The van der Waals surface area contributed by atoms with Crippen LogP contribution in [0.2, 0.25) is 10.0 Å². The molecule has 30 heavy (non-hydrogen) atoms. The van der Waals surface area contributed by atoms with Crippen LogP contribution in [0.15, 0.2) is 36.4 Å². The Labute approximate surface area is 188 Å². The number of anilines is 4. The minimum absolute atomic E-state index is 0.0338. The standard InChI is InChI=1S/C20H19Cl2N5O2S/c1-29-17-12(20(28)27-10-2-3-11-27)6-4-9-15(17)24-19-18(25-30-26-19)23-14-8-5-7-13(21)16(14)22/h4-9H,2-3,10-11H2,1H3,(H,23,25)(H,24,26). The molecule has 0 aliphatic carbocycles. The van der Waals surface area contributed by atoms with Gasteiger partial charge in [0.05, 0.1) is 45.8 Å². The molecule has 0 spiro atoms. The Morgan fingerprint density at radius 2 is 1.67 bits per heavy atom. The second-order valence-electron chi connectivity index (χ2n) is 6.70. The number of benzene rings is 2. The first-order valence-corrected chi connectivity index (χ1v) is 10.8. The number of amides is 1. The van der Waals surface area contributed by atoms with Crippen LogP contribution < -0.4 is 15.4 Å². The van der Waals surface area contributed by atoms with E-state index in [1.807, 2.05) is 17.0 Å². The maximum atomic E-state index is 12.9. The third-order valence-corrected chi connectivity index (χ3v) is 6.14. The number of hydrogen-bond donors (Lipinski definition) is 2. The summed E-state index contributed by atoms with van der Waals surface area (Å²) in [4.78, 5) is 14.8. The number of para-hydroxylation sites is 1. The molecule has 4 rings (SSSR count). The highest BCUT2D eigenvalue weighted by molar-refractivity contribution is 6.99. The van der Waals surface area contributed by atoms with Crippen LogP contribution in [0.5, 0.6) is 5.75 Å². The van der Waals surface area contributed by atoms with Crippen LogP contribution in [0, 0.1) is 0 Å². The molecular weight excluding hydrogens is 445 g/mol. The van der Waals surface area contributed by atoms with Crippen molar-refractivity contribution < 1.29 is 9.53 Å². The zero-order valence-electron chi connectivity index (χ0n) is 16.1. The summed E-state index contributed by atoms with van der Waals surface area (Å²) in [5.41, 5.74) is 1.75. The molecule has 0 unspecified atom stereocenters. The average molecular weight is 464 g/mol. The molecule has 0 radical (unpaired) electrons. The van der Waals surface area contributed by atoms with E-state index in [1.54, 1.807) is 31.4 Å². The maximum absolute atomic E-state index is 12.9. The second kappa shape index (κ2) is 9.07. The van der Waals surface area contributed by atoms with Crippen LogP contribution in [0.3, 0.4) is 0 Å². The van der Waals surface area contributed by atoms with Gasteiger partial charge in [-0.05, 0) is 37.1 Å². The second-order valence-corrected chi connectivity index (χ2v) is 8.01. The van der Waals surface area contributed by atoms with Crippen molar-refractivity contribution in [2.24, 2.45) is 0 Å². The van der Waals surface area contributed by atoms with Crippen LogP contribution in [0.1, 0.15) is 23.2 Å². The first kappa shape index (κ1) is 20.7. The molecule has 1 aromatic heterocycles. The van der Waals surface area contributed by atoms with Crippen molar-refractivity contribution in [3.8, 4) is 5.75 Å². The Hall–Kier alpha value is -2.55. The van der Waals surface area contributed by atoms with Gasteiger partial charge < -0.3 is 20.3 Å². The lowest BCUT2D eigenvalue weighted by Gasteiger charge is -2.19. The van der Waals surface area contributed by atoms with E-state index in [2.05, 4.69) is 19.4 Å². The van der Waals surface area contributed by atoms with Gasteiger partial charge in [0.25, 0.3) is 5.91 Å². The van der Waals surface area contributed by atoms with Crippen LogP contribution in [-0.4, -0.2) is 39.8 Å². The van der Waals surface area contributed by atoms with Crippen molar-refractivity contribution >= 4 is 63.8 Å². The fourth-order valence-corrected chi connectivity index (χ4v) is 4.14. The van der Waals surface area contributed by atoms with Gasteiger partial charge in [0, 0.05) is 13.1 Å². The Morgan fingerprint density at radius 3 is 2.37 bits per heavy atom. The molecule has 1 fully saturated rings. The van der Waals surface area contributed by atoms with E-state index in [0.717, 1.165) is 37.7 Å². The predicted octanol–water partition coefficient (Wildman–Crippen LogP) is 5.58. The number of rotatable bonds is 6. The van der Waals surface area contributed by atoms with E-state index in [1.165, 1.54) is 0 Å². The molecule has 2 N–H and O–H groups in total. The van der Waals surface area contributed by atoms with Crippen LogP contribution in [0.25, 0.3) is 0 Å². The van der Waals surface area contributed by atoms with Crippen molar-refractivity contribution in [2.75, 3.05) is 30.8 Å². The Kier molecular flexibility index (Phi) is 6.26. The average Bonchev–Trinajstić information content (AvgIpc) is 3.43. The fraction of sp³-hybridized carbons (Fsp3) is 0.250. The first-order chi connectivity index (χ1) is 14.6. The SMILES string of the molecule is COc1c(Nc2nsnc2Nc2cccc(Cl)c2Cl)cccc1C(=O)N1CCCC1. The summed E-state index contributed by atoms with van der Waals surface area (Å²) in [6.07, 6.45) is 2.05. The molecule has 1 amide bonds. The summed E-state index contributed by atoms with van der Waals surface area (Å²) in [6.45, 7) is 1.54. The Bertz CT molecular complexity index is 1070. The van der Waals surface area contributed by atoms with E-state index in [4.69, 9.17) is 27.9 Å². The quantitative estimate of drug-likeness (QED) is 0.496. The maximum Gasteiger partial charge on any atom is 0.257 e. The molecule has 0 saturated carbocycles. The molecule has 0 atom stereocenters. The minimum atomic E-state index is -0.0338. The third-order valence-electron chi connectivity index (χ3n) is 4.79. The van der Waals surface area contributed by atoms with Gasteiger partial charge in [0.15, 0.2) is 17.4 Å². The lowest BCUT2D eigenvalue weighted by atomic mass is 10.1. The number of methoxy groups -OCH3 is 1. The summed E-state index contributed by atoms with van der Waals surface area (Å²) in [5, 5.41) is 7.19. The van der Waals surface area contributed by atoms with Crippen molar-refractivity contribution in [3.63, 3.8) is 0 Å². The molecule has 1 aliphatic rings. The van der Waals surface area contributed by atoms with Crippen LogP contribution in [-0.2, 0) is 0 Å². The number of nitrogens with one attached hydrogen (secondary N) is 2. The summed E-state index contributed by atoms with van der Waals surface area (Å²) in [5.74, 6) is 1.41. The molecule has 2 heterocycles. The van der Waals surface area contributed by atoms with Gasteiger partial charge in [0.1, 0.15) is 0 Å². The van der Waals surface area contributed by atoms with Gasteiger partial charge in [-0.3, -0.25) is 4.79 Å². The fourth-order valence-electron chi connectivity index (χ4n) is 3.32. The predicted molar refractivity (Wildman–Crippen MR) is 121 cm³/mol. The van der Waals surface area contributed by atoms with Crippen LogP contribution >= 0.6 is 34.9 Å². The molecular formula is C20H19Cl2N5O2S. The topological polar surface area (TPSA) is 79.4 Å². The molecule has 0 bridgehead atoms. The lowest BCUT2D eigenvalue weighted by molar-refractivity contribution is 0.0789. The number of aromatic nitrogens is 2. The smallest absolute Gasteiger partial charge is 0.257 e. The molecule has 1 aliphatic heterocycles. The van der Waals surface area contributed by atoms with Gasteiger partial charge in [-0.2, -0.15) is 8.75 Å². The normalized spacial score (nSPS) is 13.4. The van der Waals surface area contributed by atoms with E-state index in [-0.39, 0.29) is 5.91 Å². The van der Waals surface area contributed by atoms with E-state index in [0.29, 0.717) is 44.4 Å². The summed E-state index contributed by atoms with van der Waals surface area (Å²) in [6, 6.07) is 10.7. The van der Waals surface area contributed by atoms with Gasteiger partial charge in [-0.1, -0.05) is 35.3 Å². The molecule has 3 aromatic rings. The number of ether oxygens (including phenoxy) is 1.